The average molecular weight is 429 g/mol. The SMILES string of the molecule is COc1cc(OC)c(OC)cc1/C=N/n1c(-c2cccc(OC(C)C)c2)n[nH]c1=S. The van der Waals surface area contributed by atoms with Gasteiger partial charge in [0.1, 0.15) is 11.5 Å². The van der Waals surface area contributed by atoms with E-state index in [2.05, 4.69) is 15.3 Å². The lowest BCUT2D eigenvalue weighted by atomic mass is 10.2. The van der Waals surface area contributed by atoms with Crippen molar-refractivity contribution < 1.29 is 18.9 Å². The lowest BCUT2D eigenvalue weighted by molar-refractivity contribution is 0.242. The summed E-state index contributed by atoms with van der Waals surface area (Å²) >= 11 is 5.36. The second-order valence-electron chi connectivity index (χ2n) is 6.55. The molecule has 3 rings (SSSR count). The maximum Gasteiger partial charge on any atom is 0.216 e. The van der Waals surface area contributed by atoms with Crippen LogP contribution in [0.3, 0.4) is 0 Å². The van der Waals surface area contributed by atoms with Gasteiger partial charge in [0, 0.05) is 17.2 Å². The molecule has 0 saturated carbocycles. The van der Waals surface area contributed by atoms with E-state index >= 15 is 0 Å². The average Bonchev–Trinajstić information content (AvgIpc) is 3.11. The second-order valence-corrected chi connectivity index (χ2v) is 6.94. The van der Waals surface area contributed by atoms with Gasteiger partial charge in [-0.25, -0.2) is 5.10 Å². The Morgan fingerprint density at radius 3 is 2.40 bits per heavy atom. The largest absolute Gasteiger partial charge is 0.496 e. The summed E-state index contributed by atoms with van der Waals surface area (Å²) in [4.78, 5) is 0. The van der Waals surface area contributed by atoms with E-state index in [9.17, 15) is 0 Å². The molecule has 0 unspecified atom stereocenters. The predicted octanol–water partition coefficient (Wildman–Crippen LogP) is 4.30. The first-order chi connectivity index (χ1) is 14.5. The molecule has 0 aliphatic rings. The van der Waals surface area contributed by atoms with Crippen LogP contribution in [0.5, 0.6) is 23.0 Å². The van der Waals surface area contributed by atoms with Gasteiger partial charge >= 0.3 is 0 Å². The summed E-state index contributed by atoms with van der Waals surface area (Å²) < 4.78 is 23.8. The first kappa shape index (κ1) is 21.4. The quantitative estimate of drug-likeness (QED) is 0.425. The Hall–Kier alpha value is -3.33. The molecule has 0 atom stereocenters. The maximum absolute atomic E-state index is 5.78. The zero-order valence-electron chi connectivity index (χ0n) is 17.5. The number of aromatic nitrogens is 3. The van der Waals surface area contributed by atoms with Crippen LogP contribution in [0.2, 0.25) is 0 Å². The molecule has 3 aromatic rings. The number of methoxy groups -OCH3 is 3. The number of nitrogens with zero attached hydrogens (tertiary/aromatic N) is 3. The molecule has 30 heavy (non-hydrogen) atoms. The molecule has 0 fully saturated rings. The van der Waals surface area contributed by atoms with Gasteiger partial charge in [-0.3, -0.25) is 0 Å². The van der Waals surface area contributed by atoms with Gasteiger partial charge in [0.25, 0.3) is 0 Å². The topological polar surface area (TPSA) is 82.9 Å². The van der Waals surface area contributed by atoms with Crippen LogP contribution in [0, 0.1) is 4.77 Å². The Morgan fingerprint density at radius 2 is 1.73 bits per heavy atom. The molecular formula is C21H24N4O4S. The van der Waals surface area contributed by atoms with Crippen LogP contribution < -0.4 is 18.9 Å². The number of H-pyrrole nitrogens is 1. The highest BCUT2D eigenvalue weighted by Crippen LogP contribution is 2.34. The highest BCUT2D eigenvalue weighted by molar-refractivity contribution is 7.71. The first-order valence-corrected chi connectivity index (χ1v) is 9.66. The van der Waals surface area contributed by atoms with Crippen molar-refractivity contribution in [1.29, 1.82) is 0 Å². The van der Waals surface area contributed by atoms with E-state index in [-0.39, 0.29) is 6.10 Å². The molecule has 0 radical (unpaired) electrons. The summed E-state index contributed by atoms with van der Waals surface area (Å²) in [5.41, 5.74) is 1.51. The molecule has 0 bridgehead atoms. The van der Waals surface area contributed by atoms with Crippen LogP contribution in [0.4, 0.5) is 0 Å². The maximum atomic E-state index is 5.78. The molecule has 0 amide bonds. The molecule has 158 valence electrons. The number of hydrogen-bond donors (Lipinski definition) is 1. The molecule has 8 nitrogen and oxygen atoms in total. The molecule has 1 heterocycles. The summed E-state index contributed by atoms with van der Waals surface area (Å²) in [6.07, 6.45) is 1.70. The highest BCUT2D eigenvalue weighted by atomic mass is 32.1. The van der Waals surface area contributed by atoms with Crippen molar-refractivity contribution >= 4 is 18.4 Å². The fourth-order valence-corrected chi connectivity index (χ4v) is 3.02. The Balaban J connectivity index is 2.01. The smallest absolute Gasteiger partial charge is 0.216 e. The van der Waals surface area contributed by atoms with E-state index in [0.29, 0.717) is 33.4 Å². The van der Waals surface area contributed by atoms with Crippen LogP contribution in [0.25, 0.3) is 11.4 Å². The predicted molar refractivity (Wildman–Crippen MR) is 118 cm³/mol. The summed E-state index contributed by atoms with van der Waals surface area (Å²) in [6, 6.07) is 11.1. The zero-order chi connectivity index (χ0) is 21.7. The Kier molecular flexibility index (Phi) is 6.73. The van der Waals surface area contributed by atoms with E-state index in [1.165, 1.54) is 0 Å². The minimum Gasteiger partial charge on any atom is -0.496 e. The molecule has 0 spiro atoms. The van der Waals surface area contributed by atoms with Gasteiger partial charge in [0.2, 0.25) is 4.77 Å². The lowest BCUT2D eigenvalue weighted by Gasteiger charge is -2.12. The molecule has 1 N–H and O–H groups in total. The Labute approximate surface area is 180 Å². The lowest BCUT2D eigenvalue weighted by Crippen LogP contribution is -2.05. The molecule has 2 aromatic carbocycles. The van der Waals surface area contributed by atoms with Crippen molar-refractivity contribution in [3.63, 3.8) is 0 Å². The van der Waals surface area contributed by atoms with Crippen molar-refractivity contribution in [2.45, 2.75) is 20.0 Å². The minimum absolute atomic E-state index is 0.0663. The van der Waals surface area contributed by atoms with E-state index < -0.39 is 0 Å². The van der Waals surface area contributed by atoms with Gasteiger partial charge in [-0.05, 0) is 44.3 Å². The molecule has 1 aromatic heterocycles. The van der Waals surface area contributed by atoms with Crippen molar-refractivity contribution in [1.82, 2.24) is 14.9 Å². The first-order valence-electron chi connectivity index (χ1n) is 9.25. The fourth-order valence-electron chi connectivity index (χ4n) is 2.84. The number of benzene rings is 2. The molecule has 0 aliphatic heterocycles. The van der Waals surface area contributed by atoms with Crippen molar-refractivity contribution in [2.75, 3.05) is 21.3 Å². The van der Waals surface area contributed by atoms with E-state index in [1.807, 2.05) is 38.1 Å². The number of nitrogens with one attached hydrogen (secondary N) is 1. The molecular weight excluding hydrogens is 404 g/mol. The number of ether oxygens (including phenoxy) is 4. The highest BCUT2D eigenvalue weighted by Gasteiger charge is 2.13. The van der Waals surface area contributed by atoms with Gasteiger partial charge in [0.15, 0.2) is 17.3 Å². The van der Waals surface area contributed by atoms with Crippen LogP contribution in [-0.4, -0.2) is 48.5 Å². The van der Waals surface area contributed by atoms with Crippen LogP contribution in [-0.2, 0) is 0 Å². The van der Waals surface area contributed by atoms with E-state index in [0.717, 1.165) is 11.3 Å². The Bertz CT molecular complexity index is 1100. The van der Waals surface area contributed by atoms with Crippen LogP contribution >= 0.6 is 12.2 Å². The number of rotatable bonds is 8. The van der Waals surface area contributed by atoms with Crippen molar-refractivity contribution in [2.24, 2.45) is 5.10 Å². The third kappa shape index (κ3) is 4.62. The Morgan fingerprint density at radius 1 is 1.03 bits per heavy atom. The summed E-state index contributed by atoms with van der Waals surface area (Å²) in [7, 11) is 4.72. The van der Waals surface area contributed by atoms with Gasteiger partial charge < -0.3 is 18.9 Å². The van der Waals surface area contributed by atoms with Crippen LogP contribution in [0.1, 0.15) is 19.4 Å². The van der Waals surface area contributed by atoms with Crippen molar-refractivity contribution in [3.8, 4) is 34.4 Å². The van der Waals surface area contributed by atoms with E-state index in [4.69, 9.17) is 31.2 Å². The zero-order valence-corrected chi connectivity index (χ0v) is 18.3. The fraction of sp³-hybridized carbons (Fsp3) is 0.286. The second kappa shape index (κ2) is 9.45. The normalized spacial score (nSPS) is 11.1. The number of aromatic amines is 1. The summed E-state index contributed by atoms with van der Waals surface area (Å²) in [5, 5.41) is 11.6. The third-order valence-corrected chi connectivity index (χ3v) is 4.43. The van der Waals surface area contributed by atoms with Crippen molar-refractivity contribution in [3.05, 3.63) is 46.7 Å². The molecule has 0 saturated heterocycles. The van der Waals surface area contributed by atoms with E-state index in [1.54, 1.807) is 44.4 Å². The molecule has 0 aliphatic carbocycles. The monoisotopic (exact) mass is 428 g/mol. The summed E-state index contributed by atoms with van der Waals surface area (Å²) in [5.74, 6) is 3.02. The van der Waals surface area contributed by atoms with Gasteiger partial charge in [0.05, 0.1) is 33.6 Å². The summed E-state index contributed by atoms with van der Waals surface area (Å²) in [6.45, 7) is 3.95. The van der Waals surface area contributed by atoms with Gasteiger partial charge in [-0.1, -0.05) is 12.1 Å². The van der Waals surface area contributed by atoms with Gasteiger partial charge in [-0.2, -0.15) is 14.9 Å². The standard InChI is InChI=1S/C21H24N4O4S/c1-13(2)29-16-8-6-7-14(9-16)20-23-24-21(30)25(20)22-12-15-10-18(27-4)19(28-5)11-17(15)26-3/h6-13H,1-5H3,(H,24,30)/b22-12+. The number of hydrogen-bond acceptors (Lipinski definition) is 7. The van der Waals surface area contributed by atoms with Gasteiger partial charge in [-0.15, -0.1) is 0 Å². The van der Waals surface area contributed by atoms with Crippen LogP contribution in [0.15, 0.2) is 41.5 Å². The molecule has 9 heteroatoms. The minimum atomic E-state index is 0.0663. The third-order valence-electron chi connectivity index (χ3n) is 4.16.